The summed E-state index contributed by atoms with van der Waals surface area (Å²) in [7, 11) is 0. The van der Waals surface area contributed by atoms with Crippen LogP contribution in [0, 0.1) is 0 Å². The predicted molar refractivity (Wildman–Crippen MR) is 384 cm³/mol. The largest absolute Gasteiger partial charge is 0.466 e. The first-order valence-electron chi connectivity index (χ1n) is 40.1. The second kappa shape index (κ2) is 76.8. The second-order valence-electron chi connectivity index (χ2n) is 27.8. The van der Waals surface area contributed by atoms with Gasteiger partial charge in [-0.2, -0.15) is 0 Å². The Hall–Kier alpha value is -1.66. The fraction of sp³-hybridized carbons (Fsp3) is 0.926. The molecule has 87 heavy (non-hydrogen) atoms. The summed E-state index contributed by atoms with van der Waals surface area (Å²) >= 11 is 0. The average Bonchev–Trinajstić information content (AvgIpc) is 3.53. The minimum Gasteiger partial charge on any atom is -0.466 e. The van der Waals surface area contributed by atoms with E-state index >= 15 is 0 Å². The SMILES string of the molecule is CCCCC/C=C\C/C=C\CCCCCCCCCC(=O)OCCCCCCCCCCCCCCCCCCCCCCCCCCCCCCCCCCCCCCCCCC(=O)NC(CO)C(O)CCCCCCCCCCCCCCCC. The van der Waals surface area contributed by atoms with Crippen molar-refractivity contribution in [3.05, 3.63) is 24.3 Å². The van der Waals surface area contributed by atoms with Crippen molar-refractivity contribution in [2.24, 2.45) is 0 Å². The average molecular weight is 1230 g/mol. The third kappa shape index (κ3) is 73.3. The lowest BCUT2D eigenvalue weighted by atomic mass is 10.0. The number of allylic oxidation sites excluding steroid dienone is 4. The van der Waals surface area contributed by atoms with Gasteiger partial charge in [0.2, 0.25) is 5.91 Å². The summed E-state index contributed by atoms with van der Waals surface area (Å²) in [4.78, 5) is 24.6. The first-order valence-corrected chi connectivity index (χ1v) is 40.1. The number of aliphatic hydroxyl groups is 2. The minimum atomic E-state index is -0.659. The molecule has 0 aliphatic heterocycles. The smallest absolute Gasteiger partial charge is 0.305 e. The molecule has 0 rings (SSSR count). The van der Waals surface area contributed by atoms with Crippen LogP contribution in [0.1, 0.15) is 457 Å². The lowest BCUT2D eigenvalue weighted by Crippen LogP contribution is -2.45. The van der Waals surface area contributed by atoms with E-state index < -0.39 is 12.1 Å². The van der Waals surface area contributed by atoms with Gasteiger partial charge in [0.25, 0.3) is 0 Å². The normalized spacial score (nSPS) is 12.6. The molecule has 0 saturated heterocycles. The van der Waals surface area contributed by atoms with Gasteiger partial charge in [-0.25, -0.2) is 0 Å². The predicted octanol–water partition coefficient (Wildman–Crippen LogP) is 26.4. The molecular weight excluding hydrogens is 1070 g/mol. The number of nitrogens with one attached hydrogen (secondary N) is 1. The molecular formula is C81H157NO5. The van der Waals surface area contributed by atoms with Gasteiger partial charge in [0.05, 0.1) is 25.4 Å². The van der Waals surface area contributed by atoms with E-state index in [0.29, 0.717) is 25.9 Å². The number of hydrogen-bond acceptors (Lipinski definition) is 5. The Morgan fingerprint density at radius 2 is 0.575 bits per heavy atom. The van der Waals surface area contributed by atoms with E-state index in [0.717, 1.165) is 51.4 Å². The van der Waals surface area contributed by atoms with E-state index in [4.69, 9.17) is 4.74 Å². The highest BCUT2D eigenvalue weighted by atomic mass is 16.5. The summed E-state index contributed by atoms with van der Waals surface area (Å²) in [5, 5.41) is 23.3. The topological polar surface area (TPSA) is 95.9 Å². The van der Waals surface area contributed by atoms with Gasteiger partial charge in [0.1, 0.15) is 0 Å². The summed E-state index contributed by atoms with van der Waals surface area (Å²) in [6.07, 6.45) is 98.6. The number of ether oxygens (including phenoxy) is 1. The van der Waals surface area contributed by atoms with Crippen LogP contribution in [0.4, 0.5) is 0 Å². The second-order valence-corrected chi connectivity index (χ2v) is 27.8. The van der Waals surface area contributed by atoms with Crippen LogP contribution in [-0.2, 0) is 14.3 Å². The van der Waals surface area contributed by atoms with Gasteiger partial charge in [-0.15, -0.1) is 0 Å². The van der Waals surface area contributed by atoms with Gasteiger partial charge in [0, 0.05) is 12.8 Å². The van der Waals surface area contributed by atoms with Gasteiger partial charge in [-0.3, -0.25) is 9.59 Å². The van der Waals surface area contributed by atoms with Gasteiger partial charge in [0.15, 0.2) is 0 Å². The third-order valence-corrected chi connectivity index (χ3v) is 19.0. The molecule has 0 aromatic carbocycles. The van der Waals surface area contributed by atoms with Crippen molar-refractivity contribution >= 4 is 11.9 Å². The molecule has 3 N–H and O–H groups in total. The molecule has 0 aliphatic rings. The molecule has 516 valence electrons. The number of amides is 1. The highest BCUT2D eigenvalue weighted by Crippen LogP contribution is 2.20. The maximum atomic E-state index is 12.5. The van der Waals surface area contributed by atoms with E-state index in [-0.39, 0.29) is 18.5 Å². The van der Waals surface area contributed by atoms with Crippen molar-refractivity contribution in [3.8, 4) is 0 Å². The zero-order valence-electron chi connectivity index (χ0n) is 59.3. The van der Waals surface area contributed by atoms with Crippen LogP contribution in [-0.4, -0.2) is 47.4 Å². The molecule has 0 radical (unpaired) electrons. The lowest BCUT2D eigenvalue weighted by molar-refractivity contribution is -0.143. The zero-order chi connectivity index (χ0) is 62.8. The van der Waals surface area contributed by atoms with Crippen LogP contribution in [0.15, 0.2) is 24.3 Å². The number of carbonyl (C=O) groups excluding carboxylic acids is 2. The Morgan fingerprint density at radius 1 is 0.322 bits per heavy atom. The van der Waals surface area contributed by atoms with Crippen molar-refractivity contribution in [3.63, 3.8) is 0 Å². The number of esters is 1. The van der Waals surface area contributed by atoms with Crippen LogP contribution in [0.5, 0.6) is 0 Å². The first kappa shape index (κ1) is 85.3. The number of carbonyl (C=O) groups is 2. The molecule has 6 heteroatoms. The summed E-state index contributed by atoms with van der Waals surface area (Å²) in [6.45, 7) is 4.97. The first-order chi connectivity index (χ1) is 43.0. The summed E-state index contributed by atoms with van der Waals surface area (Å²) in [5.74, 6) is -0.00851. The maximum Gasteiger partial charge on any atom is 0.305 e. The van der Waals surface area contributed by atoms with Crippen molar-refractivity contribution in [1.29, 1.82) is 0 Å². The molecule has 0 fully saturated rings. The van der Waals surface area contributed by atoms with Gasteiger partial charge >= 0.3 is 5.97 Å². The van der Waals surface area contributed by atoms with Crippen molar-refractivity contribution in [1.82, 2.24) is 5.32 Å². The fourth-order valence-electron chi connectivity index (χ4n) is 12.9. The van der Waals surface area contributed by atoms with E-state index in [2.05, 4.69) is 43.5 Å². The highest BCUT2D eigenvalue weighted by molar-refractivity contribution is 5.76. The Morgan fingerprint density at radius 3 is 0.897 bits per heavy atom. The maximum absolute atomic E-state index is 12.5. The van der Waals surface area contributed by atoms with Gasteiger partial charge in [-0.05, 0) is 57.8 Å². The highest BCUT2D eigenvalue weighted by Gasteiger charge is 2.20. The van der Waals surface area contributed by atoms with E-state index in [1.165, 1.54) is 372 Å². The number of rotatable bonds is 76. The van der Waals surface area contributed by atoms with Crippen molar-refractivity contribution in [2.75, 3.05) is 13.2 Å². The van der Waals surface area contributed by atoms with Gasteiger partial charge < -0.3 is 20.3 Å². The fourth-order valence-corrected chi connectivity index (χ4v) is 12.9. The number of unbranched alkanes of at least 4 members (excludes halogenated alkanes) is 61. The van der Waals surface area contributed by atoms with E-state index in [9.17, 15) is 19.8 Å². The van der Waals surface area contributed by atoms with Crippen LogP contribution in [0.3, 0.4) is 0 Å². The lowest BCUT2D eigenvalue weighted by Gasteiger charge is -2.22. The van der Waals surface area contributed by atoms with Crippen LogP contribution in [0.25, 0.3) is 0 Å². The zero-order valence-corrected chi connectivity index (χ0v) is 59.3. The standard InChI is InChI=1S/C81H157NO5/c1-3-5-7-9-11-13-15-17-19-43-47-51-55-59-63-67-71-75-81(86)87-76-72-68-64-60-56-52-48-45-42-40-38-36-34-32-30-28-26-24-22-20-21-23-25-27-29-31-33-35-37-39-41-44-46-50-54-58-62-66-70-74-80(85)82-78(77-83)79(84)73-69-65-61-57-53-49-18-16-14-12-10-8-6-4-2/h11,13,17,19,78-79,83-84H,3-10,12,14-16,18,20-77H2,1-2H3,(H,82,85)/b13-11-,19-17-. The molecule has 0 aliphatic carbocycles. The Kier molecular flexibility index (Phi) is 75.3. The van der Waals surface area contributed by atoms with Gasteiger partial charge in [-0.1, -0.05) is 411 Å². The van der Waals surface area contributed by atoms with Crippen molar-refractivity contribution < 1.29 is 24.5 Å². The number of hydrogen-bond donors (Lipinski definition) is 3. The Labute approximate surface area is 545 Å². The molecule has 0 aromatic heterocycles. The molecule has 2 atom stereocenters. The molecule has 0 aromatic rings. The van der Waals surface area contributed by atoms with Crippen molar-refractivity contribution in [2.45, 2.75) is 469 Å². The monoisotopic (exact) mass is 1220 g/mol. The molecule has 6 nitrogen and oxygen atoms in total. The van der Waals surface area contributed by atoms with Crippen LogP contribution in [0.2, 0.25) is 0 Å². The third-order valence-electron chi connectivity index (χ3n) is 19.0. The van der Waals surface area contributed by atoms with Crippen LogP contribution >= 0.6 is 0 Å². The van der Waals surface area contributed by atoms with E-state index in [1.54, 1.807) is 0 Å². The van der Waals surface area contributed by atoms with Crippen LogP contribution < -0.4 is 5.32 Å². The number of aliphatic hydroxyl groups excluding tert-OH is 2. The molecule has 0 spiro atoms. The Balaban J connectivity index is 3.28. The summed E-state index contributed by atoms with van der Waals surface area (Å²) in [6, 6.07) is -0.536. The molecule has 0 heterocycles. The quantitative estimate of drug-likeness (QED) is 0.0320. The summed E-state index contributed by atoms with van der Waals surface area (Å²) < 4.78 is 5.51. The molecule has 0 bridgehead atoms. The summed E-state index contributed by atoms with van der Waals surface area (Å²) in [5.41, 5.74) is 0. The minimum absolute atomic E-state index is 0.0171. The molecule has 1 amide bonds. The van der Waals surface area contributed by atoms with E-state index in [1.807, 2.05) is 0 Å². The Bertz CT molecular complexity index is 1360. The molecule has 0 saturated carbocycles. The molecule has 2 unspecified atom stereocenters.